The quantitative estimate of drug-likeness (QED) is 0.714. The molecule has 8 nitrogen and oxygen atoms in total. The molecule has 0 radical (unpaired) electrons. The number of piperazine rings is 1. The maximum Gasteiger partial charge on any atom is 0.471 e. The highest BCUT2D eigenvalue weighted by atomic mass is 19.4. The van der Waals surface area contributed by atoms with Crippen molar-refractivity contribution >= 4 is 22.7 Å². The van der Waals surface area contributed by atoms with Gasteiger partial charge in [0.2, 0.25) is 0 Å². The number of benzene rings is 1. The van der Waals surface area contributed by atoms with Crippen molar-refractivity contribution in [2.45, 2.75) is 43.8 Å². The molecule has 0 bridgehead atoms. The zero-order valence-electron chi connectivity index (χ0n) is 17.5. The summed E-state index contributed by atoms with van der Waals surface area (Å²) in [5.41, 5.74) is -1.74. The number of carbonyl (C=O) groups excluding carboxylic acids is 2. The highest BCUT2D eigenvalue weighted by molar-refractivity contribution is 5.98. The van der Waals surface area contributed by atoms with Crippen LogP contribution in [-0.4, -0.2) is 62.5 Å². The van der Waals surface area contributed by atoms with Crippen molar-refractivity contribution in [3.8, 4) is 0 Å². The van der Waals surface area contributed by atoms with E-state index in [2.05, 4.69) is 4.98 Å². The number of H-pyrrole nitrogens is 1. The van der Waals surface area contributed by atoms with Crippen LogP contribution in [-0.2, 0) is 11.8 Å². The van der Waals surface area contributed by atoms with E-state index in [9.17, 15) is 32.3 Å². The summed E-state index contributed by atoms with van der Waals surface area (Å²) in [4.78, 5) is 54.4. The minimum Gasteiger partial charge on any atom is -0.335 e. The summed E-state index contributed by atoms with van der Waals surface area (Å²) in [6, 6.07) is 4.31. The van der Waals surface area contributed by atoms with Crippen LogP contribution in [0.5, 0.6) is 0 Å². The molecule has 2 heterocycles. The third-order valence-electron chi connectivity index (χ3n) is 6.56. The normalized spacial score (nSPS) is 18.9. The monoisotopic (exact) mass is 452 g/mol. The molecule has 172 valence electrons. The first-order valence-corrected chi connectivity index (χ1v) is 10.4. The topological polar surface area (TPSA) is 95.5 Å². The van der Waals surface area contributed by atoms with Crippen LogP contribution in [0.1, 0.15) is 42.5 Å². The number of nitrogens with zero attached hydrogens (tertiary/aromatic N) is 3. The maximum absolute atomic E-state index is 13.2. The number of hydrogen-bond donors (Lipinski definition) is 1. The van der Waals surface area contributed by atoms with Gasteiger partial charge in [0, 0.05) is 32.2 Å². The van der Waals surface area contributed by atoms with Gasteiger partial charge in [0.1, 0.15) is 0 Å². The van der Waals surface area contributed by atoms with Crippen molar-refractivity contribution in [1.82, 2.24) is 19.4 Å². The molecule has 2 fully saturated rings. The summed E-state index contributed by atoms with van der Waals surface area (Å²) >= 11 is 0. The van der Waals surface area contributed by atoms with E-state index in [4.69, 9.17) is 0 Å². The van der Waals surface area contributed by atoms with E-state index in [1.165, 1.54) is 30.1 Å². The molecule has 32 heavy (non-hydrogen) atoms. The molecule has 4 rings (SSSR count). The second kappa shape index (κ2) is 7.79. The van der Waals surface area contributed by atoms with E-state index in [-0.39, 0.29) is 36.1 Å². The van der Waals surface area contributed by atoms with Crippen LogP contribution < -0.4 is 11.2 Å². The van der Waals surface area contributed by atoms with Crippen molar-refractivity contribution < 1.29 is 22.8 Å². The molecular formula is C21H23F3N4O4. The fraction of sp³-hybridized carbons (Fsp3) is 0.524. The maximum atomic E-state index is 13.2. The summed E-state index contributed by atoms with van der Waals surface area (Å²) in [7, 11) is 1.34. The van der Waals surface area contributed by atoms with Crippen molar-refractivity contribution in [2.24, 2.45) is 7.05 Å². The molecule has 0 atom stereocenters. The number of rotatable bonds is 1. The molecule has 1 N–H and O–H groups in total. The van der Waals surface area contributed by atoms with Crippen LogP contribution in [0.15, 0.2) is 27.8 Å². The number of nitrogens with one attached hydrogen (secondary N) is 1. The van der Waals surface area contributed by atoms with Crippen molar-refractivity contribution in [1.29, 1.82) is 0 Å². The standard InChI is InChI=1S/C21H23F3N4O4/c1-26-17(30)14-6-5-13(11-15(14)25-19(26)32)16(29)27-9-10-28(18(31)21(22,23)24)20(12-27)7-3-2-4-8-20/h5-6,11H,2-4,7-10,12H2,1H3,(H,25,32). The first-order chi connectivity index (χ1) is 15.0. The highest BCUT2D eigenvalue weighted by Crippen LogP contribution is 2.39. The predicted octanol–water partition coefficient (Wildman–Crippen LogP) is 1.78. The van der Waals surface area contributed by atoms with Crippen molar-refractivity contribution in [2.75, 3.05) is 19.6 Å². The molecule has 2 aromatic rings. The number of carbonyl (C=O) groups is 2. The smallest absolute Gasteiger partial charge is 0.335 e. The molecule has 1 spiro atoms. The van der Waals surface area contributed by atoms with Gasteiger partial charge in [-0.1, -0.05) is 19.3 Å². The zero-order valence-corrected chi connectivity index (χ0v) is 17.5. The van der Waals surface area contributed by atoms with E-state index < -0.39 is 34.8 Å². The number of halogens is 3. The molecule has 11 heteroatoms. The Morgan fingerprint density at radius 2 is 1.75 bits per heavy atom. The Morgan fingerprint density at radius 3 is 2.41 bits per heavy atom. The Labute approximate surface area is 180 Å². The van der Waals surface area contributed by atoms with Crippen LogP contribution >= 0.6 is 0 Å². The number of aromatic nitrogens is 2. The van der Waals surface area contributed by atoms with Crippen molar-refractivity contribution in [3.05, 3.63) is 44.6 Å². The average Bonchev–Trinajstić information content (AvgIpc) is 2.76. The lowest BCUT2D eigenvalue weighted by atomic mass is 9.78. The largest absolute Gasteiger partial charge is 0.471 e. The van der Waals surface area contributed by atoms with Crippen molar-refractivity contribution in [3.63, 3.8) is 0 Å². The number of alkyl halides is 3. The third-order valence-corrected chi connectivity index (χ3v) is 6.56. The molecule has 1 saturated carbocycles. The second-order valence-electron chi connectivity index (χ2n) is 8.52. The minimum absolute atomic E-state index is 0.0127. The van der Waals surface area contributed by atoms with Gasteiger partial charge < -0.3 is 14.8 Å². The van der Waals surface area contributed by atoms with E-state index in [0.717, 1.165) is 15.9 Å². The van der Waals surface area contributed by atoms with Crippen LogP contribution in [0.4, 0.5) is 13.2 Å². The molecule has 0 unspecified atom stereocenters. The summed E-state index contributed by atoms with van der Waals surface area (Å²) in [6.45, 7) is -0.221. The summed E-state index contributed by atoms with van der Waals surface area (Å²) < 4.78 is 40.5. The molecule has 1 aromatic carbocycles. The third kappa shape index (κ3) is 3.69. The lowest BCUT2D eigenvalue weighted by Gasteiger charge is -2.52. The van der Waals surface area contributed by atoms with Gasteiger partial charge in [-0.2, -0.15) is 13.2 Å². The van der Waals surface area contributed by atoms with Crippen LogP contribution in [0.2, 0.25) is 0 Å². The van der Waals surface area contributed by atoms with Crippen LogP contribution in [0.25, 0.3) is 10.9 Å². The van der Waals surface area contributed by atoms with E-state index in [0.29, 0.717) is 25.7 Å². The van der Waals surface area contributed by atoms with E-state index in [1.54, 1.807) is 0 Å². The Hall–Kier alpha value is -3.11. The zero-order chi connectivity index (χ0) is 23.3. The first kappa shape index (κ1) is 22.1. The van der Waals surface area contributed by atoms with Gasteiger partial charge in [-0.25, -0.2) is 4.79 Å². The van der Waals surface area contributed by atoms with Gasteiger partial charge in [-0.15, -0.1) is 0 Å². The second-order valence-corrected chi connectivity index (χ2v) is 8.52. The Bertz CT molecular complexity index is 1190. The van der Waals surface area contributed by atoms with Crippen LogP contribution in [0, 0.1) is 0 Å². The molecule has 1 aromatic heterocycles. The number of fused-ring (bicyclic) bond motifs is 1. The molecule has 1 aliphatic carbocycles. The fourth-order valence-corrected chi connectivity index (χ4v) is 4.88. The van der Waals surface area contributed by atoms with Crippen LogP contribution in [0.3, 0.4) is 0 Å². The number of aromatic amines is 1. The van der Waals surface area contributed by atoms with E-state index >= 15 is 0 Å². The molecular weight excluding hydrogens is 429 g/mol. The summed E-state index contributed by atoms with van der Waals surface area (Å²) in [5.74, 6) is -2.27. The Balaban J connectivity index is 1.65. The van der Waals surface area contributed by atoms with Gasteiger partial charge in [0.25, 0.3) is 11.5 Å². The average molecular weight is 452 g/mol. The Kier molecular flexibility index (Phi) is 5.38. The number of hydrogen-bond acceptors (Lipinski definition) is 4. The van der Waals surface area contributed by atoms with Gasteiger partial charge >= 0.3 is 17.8 Å². The number of amides is 2. The van der Waals surface area contributed by atoms with Gasteiger partial charge in [-0.3, -0.25) is 19.0 Å². The summed E-state index contributed by atoms with van der Waals surface area (Å²) in [6.07, 6.45) is -1.92. The summed E-state index contributed by atoms with van der Waals surface area (Å²) in [5, 5.41) is 0.244. The Morgan fingerprint density at radius 1 is 1.06 bits per heavy atom. The molecule has 2 aliphatic rings. The highest BCUT2D eigenvalue weighted by Gasteiger charge is 2.53. The lowest BCUT2D eigenvalue weighted by molar-refractivity contribution is -0.196. The molecule has 1 saturated heterocycles. The lowest BCUT2D eigenvalue weighted by Crippen LogP contribution is -2.67. The SMILES string of the molecule is Cn1c(=O)[nH]c2cc(C(=O)N3CCN(C(=O)C(F)(F)F)C4(CCCCC4)C3)ccc2c1=O. The van der Waals surface area contributed by atoms with Gasteiger partial charge in [0.05, 0.1) is 16.4 Å². The molecule has 2 amide bonds. The van der Waals surface area contributed by atoms with Gasteiger partial charge in [0.15, 0.2) is 0 Å². The van der Waals surface area contributed by atoms with Gasteiger partial charge in [-0.05, 0) is 31.0 Å². The minimum atomic E-state index is -4.97. The predicted molar refractivity (Wildman–Crippen MR) is 109 cm³/mol. The fourth-order valence-electron chi connectivity index (χ4n) is 4.88. The van der Waals surface area contributed by atoms with E-state index in [1.807, 2.05) is 0 Å². The molecule has 1 aliphatic heterocycles. The first-order valence-electron chi connectivity index (χ1n) is 10.4.